The van der Waals surface area contributed by atoms with Crippen molar-refractivity contribution in [1.29, 1.82) is 0 Å². The SMILES string of the molecule is CSc1nsc(SC)c1C(=O)NCc1c(Cl)cnn1C. The van der Waals surface area contributed by atoms with Crippen LogP contribution in [0.4, 0.5) is 0 Å². The van der Waals surface area contributed by atoms with Gasteiger partial charge < -0.3 is 5.32 Å². The maximum absolute atomic E-state index is 12.3. The fourth-order valence-electron chi connectivity index (χ4n) is 1.62. The smallest absolute Gasteiger partial charge is 0.256 e. The van der Waals surface area contributed by atoms with E-state index in [0.29, 0.717) is 17.1 Å². The minimum atomic E-state index is -0.135. The van der Waals surface area contributed by atoms with E-state index in [1.165, 1.54) is 35.1 Å². The molecule has 2 heterocycles. The molecule has 108 valence electrons. The van der Waals surface area contributed by atoms with Gasteiger partial charge in [0.2, 0.25) is 0 Å². The number of rotatable bonds is 5. The molecule has 0 radical (unpaired) electrons. The molecule has 0 spiro atoms. The highest BCUT2D eigenvalue weighted by Gasteiger charge is 2.20. The Bertz CT molecular complexity index is 584. The van der Waals surface area contributed by atoms with Gasteiger partial charge in [-0.15, -0.1) is 23.5 Å². The van der Waals surface area contributed by atoms with E-state index in [4.69, 9.17) is 11.6 Å². The number of carbonyl (C=O) groups excluding carboxylic acids is 1. The monoisotopic (exact) mass is 348 g/mol. The molecule has 2 rings (SSSR count). The van der Waals surface area contributed by atoms with Gasteiger partial charge in [0.25, 0.3) is 5.91 Å². The van der Waals surface area contributed by atoms with E-state index >= 15 is 0 Å². The third kappa shape index (κ3) is 3.13. The molecule has 20 heavy (non-hydrogen) atoms. The highest BCUT2D eigenvalue weighted by molar-refractivity contribution is 8.01. The number of nitrogens with one attached hydrogen (secondary N) is 1. The van der Waals surface area contributed by atoms with Gasteiger partial charge in [-0.25, -0.2) is 0 Å². The van der Waals surface area contributed by atoms with Crippen LogP contribution in [0.5, 0.6) is 0 Å². The zero-order valence-electron chi connectivity index (χ0n) is 11.1. The van der Waals surface area contributed by atoms with Crippen LogP contribution >= 0.6 is 46.7 Å². The van der Waals surface area contributed by atoms with E-state index in [1.54, 1.807) is 17.9 Å². The normalized spacial score (nSPS) is 10.8. The first-order chi connectivity index (χ1) is 9.58. The summed E-state index contributed by atoms with van der Waals surface area (Å²) in [4.78, 5) is 12.3. The number of carbonyl (C=O) groups is 1. The number of thioether (sulfide) groups is 2. The summed E-state index contributed by atoms with van der Waals surface area (Å²) in [5, 5.41) is 8.22. The van der Waals surface area contributed by atoms with E-state index in [2.05, 4.69) is 14.8 Å². The van der Waals surface area contributed by atoms with Crippen LogP contribution in [0.15, 0.2) is 15.4 Å². The van der Waals surface area contributed by atoms with Crippen molar-refractivity contribution in [2.24, 2.45) is 7.05 Å². The van der Waals surface area contributed by atoms with E-state index in [0.717, 1.165) is 14.9 Å². The third-order valence-electron chi connectivity index (χ3n) is 2.66. The molecule has 0 saturated heterocycles. The maximum atomic E-state index is 12.3. The van der Waals surface area contributed by atoms with Crippen LogP contribution in [-0.4, -0.2) is 32.6 Å². The van der Waals surface area contributed by atoms with Crippen LogP contribution in [0, 0.1) is 0 Å². The summed E-state index contributed by atoms with van der Waals surface area (Å²) in [7, 11) is 1.79. The molecule has 0 fully saturated rings. The maximum Gasteiger partial charge on any atom is 0.256 e. The first-order valence-corrected chi connectivity index (χ1v) is 9.20. The second-order valence-electron chi connectivity index (χ2n) is 3.80. The zero-order valence-corrected chi connectivity index (χ0v) is 14.3. The van der Waals surface area contributed by atoms with Crippen LogP contribution in [-0.2, 0) is 13.6 Å². The molecule has 0 aromatic carbocycles. The lowest BCUT2D eigenvalue weighted by Gasteiger charge is -2.07. The van der Waals surface area contributed by atoms with Crippen molar-refractivity contribution in [1.82, 2.24) is 19.5 Å². The summed E-state index contributed by atoms with van der Waals surface area (Å²) in [5.74, 6) is -0.135. The van der Waals surface area contributed by atoms with Gasteiger partial charge in [-0.3, -0.25) is 9.48 Å². The highest BCUT2D eigenvalue weighted by atomic mass is 35.5. The number of amides is 1. The van der Waals surface area contributed by atoms with Gasteiger partial charge in [0.15, 0.2) is 0 Å². The summed E-state index contributed by atoms with van der Waals surface area (Å²) in [6, 6.07) is 0. The van der Waals surface area contributed by atoms with Crippen LogP contribution < -0.4 is 5.32 Å². The summed E-state index contributed by atoms with van der Waals surface area (Å²) >= 11 is 10.4. The minimum absolute atomic E-state index is 0.135. The Hall–Kier alpha value is -0.700. The first kappa shape index (κ1) is 15.7. The van der Waals surface area contributed by atoms with Crippen molar-refractivity contribution in [3.05, 3.63) is 22.5 Å². The van der Waals surface area contributed by atoms with Gasteiger partial charge in [0, 0.05) is 7.05 Å². The van der Waals surface area contributed by atoms with Gasteiger partial charge in [-0.1, -0.05) is 11.6 Å². The predicted octanol–water partition coefficient (Wildman–Crippen LogP) is 2.90. The van der Waals surface area contributed by atoms with E-state index < -0.39 is 0 Å². The molecule has 0 aliphatic rings. The largest absolute Gasteiger partial charge is 0.346 e. The molecule has 1 N–H and O–H groups in total. The average molecular weight is 349 g/mol. The Morgan fingerprint density at radius 1 is 1.50 bits per heavy atom. The molecule has 0 aliphatic heterocycles. The van der Waals surface area contributed by atoms with Crippen LogP contribution in [0.3, 0.4) is 0 Å². The van der Waals surface area contributed by atoms with E-state index in [-0.39, 0.29) is 5.91 Å². The highest BCUT2D eigenvalue weighted by Crippen LogP contribution is 2.32. The van der Waals surface area contributed by atoms with Gasteiger partial charge in [0.1, 0.15) is 5.03 Å². The molecule has 0 aliphatic carbocycles. The summed E-state index contributed by atoms with van der Waals surface area (Å²) in [5.41, 5.74) is 1.42. The minimum Gasteiger partial charge on any atom is -0.346 e. The molecule has 0 bridgehead atoms. The molecule has 0 unspecified atom stereocenters. The molecule has 1 amide bonds. The number of hydrogen-bond acceptors (Lipinski definition) is 6. The Kier molecular flexibility index (Phi) is 5.36. The Labute approximate surface area is 134 Å². The molecule has 5 nitrogen and oxygen atoms in total. The van der Waals surface area contributed by atoms with Crippen molar-refractivity contribution >= 4 is 52.6 Å². The van der Waals surface area contributed by atoms with E-state index in [9.17, 15) is 4.79 Å². The number of aryl methyl sites for hydroxylation is 1. The fourth-order valence-corrected chi connectivity index (χ4v) is 4.13. The second kappa shape index (κ2) is 6.84. The Balaban J connectivity index is 2.15. The number of halogens is 1. The topological polar surface area (TPSA) is 59.8 Å². The van der Waals surface area contributed by atoms with Crippen LogP contribution in [0.1, 0.15) is 16.1 Å². The van der Waals surface area contributed by atoms with Gasteiger partial charge in [-0.05, 0) is 24.0 Å². The summed E-state index contributed by atoms with van der Waals surface area (Å²) in [6.07, 6.45) is 5.41. The van der Waals surface area contributed by atoms with Crippen molar-refractivity contribution in [2.45, 2.75) is 15.8 Å². The molecule has 0 atom stereocenters. The van der Waals surface area contributed by atoms with Gasteiger partial charge in [-0.2, -0.15) is 9.47 Å². The third-order valence-corrected chi connectivity index (χ3v) is 5.72. The lowest BCUT2D eigenvalue weighted by atomic mass is 10.3. The van der Waals surface area contributed by atoms with Crippen LogP contribution in [0.25, 0.3) is 0 Å². The summed E-state index contributed by atoms with van der Waals surface area (Å²) < 4.78 is 6.86. The first-order valence-electron chi connectivity index (χ1n) is 5.60. The lowest BCUT2D eigenvalue weighted by molar-refractivity contribution is 0.0944. The quantitative estimate of drug-likeness (QED) is 0.842. The van der Waals surface area contributed by atoms with Gasteiger partial charge in [0.05, 0.1) is 33.2 Å². The molecular weight excluding hydrogens is 336 g/mol. The molecule has 9 heteroatoms. The van der Waals surface area contributed by atoms with Crippen LogP contribution in [0.2, 0.25) is 5.02 Å². The predicted molar refractivity (Wildman–Crippen MR) is 85.1 cm³/mol. The Morgan fingerprint density at radius 2 is 2.25 bits per heavy atom. The molecular formula is C11H13ClN4OS3. The standard InChI is InChI=1S/C11H13ClN4OS3/c1-16-7(6(12)4-14-16)5-13-9(17)8-10(18-2)15-20-11(8)19-3/h4H,5H2,1-3H3,(H,13,17). The van der Waals surface area contributed by atoms with E-state index in [1.807, 2.05) is 12.5 Å². The fraction of sp³-hybridized carbons (Fsp3) is 0.364. The van der Waals surface area contributed by atoms with Gasteiger partial charge >= 0.3 is 0 Å². The average Bonchev–Trinajstić information content (AvgIpc) is 3.00. The van der Waals surface area contributed by atoms with Crippen molar-refractivity contribution in [2.75, 3.05) is 12.5 Å². The van der Waals surface area contributed by atoms with Crippen molar-refractivity contribution in [3.63, 3.8) is 0 Å². The van der Waals surface area contributed by atoms with Crippen molar-refractivity contribution < 1.29 is 4.79 Å². The summed E-state index contributed by atoms with van der Waals surface area (Å²) in [6.45, 7) is 0.339. The molecule has 2 aromatic rings. The second-order valence-corrected chi connectivity index (χ2v) is 6.85. The molecule has 0 saturated carbocycles. The van der Waals surface area contributed by atoms with Crippen molar-refractivity contribution in [3.8, 4) is 0 Å². The number of hydrogen-bond donors (Lipinski definition) is 1. The number of aromatic nitrogens is 3. The lowest BCUT2D eigenvalue weighted by Crippen LogP contribution is -2.24. The molecule has 2 aromatic heterocycles. The number of nitrogens with zero attached hydrogens (tertiary/aromatic N) is 3. The zero-order chi connectivity index (χ0) is 14.7. The Morgan fingerprint density at radius 3 is 2.80 bits per heavy atom.